The number of carbonyl (C=O) groups excluding carboxylic acids is 4. The van der Waals surface area contributed by atoms with Gasteiger partial charge in [0.1, 0.15) is 18.1 Å². The van der Waals surface area contributed by atoms with Gasteiger partial charge in [0.2, 0.25) is 23.6 Å². The number of nitrogens with one attached hydrogen (secondary N) is 4. The van der Waals surface area contributed by atoms with Crippen molar-refractivity contribution in [3.8, 4) is 0 Å². The Morgan fingerprint density at radius 1 is 0.892 bits per heavy atom. The fourth-order valence-electron chi connectivity index (χ4n) is 4.35. The van der Waals surface area contributed by atoms with Gasteiger partial charge in [0.15, 0.2) is 0 Å². The van der Waals surface area contributed by atoms with Gasteiger partial charge in [0, 0.05) is 25.3 Å². The first-order valence-electron chi connectivity index (χ1n) is 13.0. The molecule has 4 atom stereocenters. The van der Waals surface area contributed by atoms with E-state index in [0.717, 1.165) is 5.56 Å². The van der Waals surface area contributed by atoms with Crippen molar-refractivity contribution in [2.45, 2.75) is 96.3 Å². The van der Waals surface area contributed by atoms with Crippen LogP contribution in [0.2, 0.25) is 0 Å². The Kier molecular flexibility index (Phi) is 12.1. The summed E-state index contributed by atoms with van der Waals surface area (Å²) in [5.74, 6) is -2.43. The number of carboxylic acid groups (broad SMARTS) is 1. The van der Waals surface area contributed by atoms with Crippen molar-refractivity contribution < 1.29 is 29.1 Å². The lowest BCUT2D eigenvalue weighted by Gasteiger charge is -2.25. The first kappa shape index (κ1) is 29.8. The van der Waals surface area contributed by atoms with E-state index in [2.05, 4.69) is 21.3 Å². The predicted octanol–water partition coefficient (Wildman–Crippen LogP) is 1.67. The molecule has 37 heavy (non-hydrogen) atoms. The van der Waals surface area contributed by atoms with E-state index in [-0.39, 0.29) is 37.5 Å². The standard InChI is InChI=1S/C27H40N4O6/c1-17(2)14-20-16-23(32)28-18(3)25(35)30-21(12-8-5-9-13-24(33)34)26(36)31-22(27(37)29-20)15-19-10-6-4-7-11-19/h4,6-7,10-11,17-18,20-22H,5,8-9,12-16H2,1-3H3,(H,28,32)(H,29,37)(H,30,35)(H,31,36)(H,33,34)/t18-,20-,21-,22-/m0/s1. The SMILES string of the molecule is CC(C)C[C@H]1CC(=O)N[C@@H](C)C(=O)N[C@@H](CCCCCC(=O)O)C(=O)N[C@@H](Cc2ccccc2)C(=O)N1. The summed E-state index contributed by atoms with van der Waals surface area (Å²) in [7, 11) is 0. The average Bonchev–Trinajstić information content (AvgIpc) is 2.82. The number of hydrogen-bond donors (Lipinski definition) is 5. The lowest BCUT2D eigenvalue weighted by Crippen LogP contribution is -2.56. The largest absolute Gasteiger partial charge is 0.481 e. The number of carbonyl (C=O) groups is 5. The van der Waals surface area contributed by atoms with Crippen LogP contribution in [0, 0.1) is 5.92 Å². The monoisotopic (exact) mass is 516 g/mol. The van der Waals surface area contributed by atoms with E-state index in [0.29, 0.717) is 25.7 Å². The Bertz CT molecular complexity index is 936. The number of hydrogen-bond acceptors (Lipinski definition) is 5. The van der Waals surface area contributed by atoms with Gasteiger partial charge < -0.3 is 26.4 Å². The Morgan fingerprint density at radius 2 is 1.54 bits per heavy atom. The van der Waals surface area contributed by atoms with Gasteiger partial charge in [0.05, 0.1) is 0 Å². The topological polar surface area (TPSA) is 154 Å². The van der Waals surface area contributed by atoms with Gasteiger partial charge in [-0.05, 0) is 37.7 Å². The molecule has 1 heterocycles. The van der Waals surface area contributed by atoms with Crippen molar-refractivity contribution in [3.05, 3.63) is 35.9 Å². The lowest BCUT2D eigenvalue weighted by molar-refractivity contribution is -0.137. The second-order valence-electron chi connectivity index (χ2n) is 10.1. The smallest absolute Gasteiger partial charge is 0.303 e. The minimum Gasteiger partial charge on any atom is -0.481 e. The molecule has 1 aromatic carbocycles. The number of rotatable bonds is 10. The maximum absolute atomic E-state index is 13.4. The molecular formula is C27H40N4O6. The Labute approximate surface area is 218 Å². The minimum atomic E-state index is -0.935. The average molecular weight is 517 g/mol. The molecule has 5 N–H and O–H groups in total. The molecule has 0 aliphatic carbocycles. The van der Waals surface area contributed by atoms with Crippen LogP contribution in [0.1, 0.15) is 71.3 Å². The molecule has 0 spiro atoms. The number of aliphatic carboxylic acids is 1. The fourth-order valence-corrected chi connectivity index (χ4v) is 4.35. The van der Waals surface area contributed by atoms with Crippen molar-refractivity contribution in [2.75, 3.05) is 0 Å². The highest BCUT2D eigenvalue weighted by atomic mass is 16.4. The van der Waals surface area contributed by atoms with Gasteiger partial charge in [-0.25, -0.2) is 0 Å². The lowest BCUT2D eigenvalue weighted by atomic mass is 9.99. The summed E-state index contributed by atoms with van der Waals surface area (Å²) in [5, 5.41) is 20.0. The van der Waals surface area contributed by atoms with Crippen molar-refractivity contribution >= 4 is 29.6 Å². The third-order valence-electron chi connectivity index (χ3n) is 6.24. The van der Waals surface area contributed by atoms with Gasteiger partial charge in [-0.3, -0.25) is 24.0 Å². The normalized spacial score (nSPS) is 23.6. The van der Waals surface area contributed by atoms with Crippen molar-refractivity contribution in [1.29, 1.82) is 0 Å². The summed E-state index contributed by atoms with van der Waals surface area (Å²) in [6.07, 6.45) is 2.67. The van der Waals surface area contributed by atoms with Crippen LogP contribution in [0.15, 0.2) is 30.3 Å². The van der Waals surface area contributed by atoms with E-state index < -0.39 is 47.9 Å². The number of amides is 4. The highest BCUT2D eigenvalue weighted by molar-refractivity contribution is 5.95. The molecule has 0 bridgehead atoms. The molecule has 0 aromatic heterocycles. The maximum atomic E-state index is 13.4. The van der Waals surface area contributed by atoms with Crippen molar-refractivity contribution in [3.63, 3.8) is 0 Å². The zero-order chi connectivity index (χ0) is 27.4. The van der Waals surface area contributed by atoms with Crippen LogP contribution >= 0.6 is 0 Å². The third-order valence-corrected chi connectivity index (χ3v) is 6.24. The first-order chi connectivity index (χ1) is 17.5. The van der Waals surface area contributed by atoms with Crippen LogP contribution in [0.5, 0.6) is 0 Å². The molecule has 0 saturated carbocycles. The molecular weight excluding hydrogens is 476 g/mol. The summed E-state index contributed by atoms with van der Waals surface area (Å²) in [5.41, 5.74) is 0.855. The number of carboxylic acids is 1. The van der Waals surface area contributed by atoms with E-state index in [4.69, 9.17) is 5.11 Å². The molecule has 204 valence electrons. The summed E-state index contributed by atoms with van der Waals surface area (Å²) < 4.78 is 0. The van der Waals surface area contributed by atoms with Gasteiger partial charge >= 0.3 is 5.97 Å². The molecule has 4 amide bonds. The molecule has 1 aromatic rings. The van der Waals surface area contributed by atoms with Crippen LogP contribution in [0.3, 0.4) is 0 Å². The second-order valence-corrected chi connectivity index (χ2v) is 10.1. The quantitative estimate of drug-likeness (QED) is 0.298. The van der Waals surface area contributed by atoms with Crippen LogP contribution in [-0.4, -0.2) is 58.9 Å². The van der Waals surface area contributed by atoms with E-state index in [1.807, 2.05) is 44.2 Å². The first-order valence-corrected chi connectivity index (χ1v) is 13.0. The highest BCUT2D eigenvalue weighted by Crippen LogP contribution is 2.12. The summed E-state index contributed by atoms with van der Waals surface area (Å²) in [6, 6.07) is 6.12. The predicted molar refractivity (Wildman–Crippen MR) is 138 cm³/mol. The molecule has 10 heteroatoms. The van der Waals surface area contributed by atoms with Crippen molar-refractivity contribution in [2.24, 2.45) is 5.92 Å². The van der Waals surface area contributed by atoms with Crippen LogP contribution in [-0.2, 0) is 30.4 Å². The van der Waals surface area contributed by atoms with Gasteiger partial charge in [-0.2, -0.15) is 0 Å². The molecule has 1 saturated heterocycles. The summed E-state index contributed by atoms with van der Waals surface area (Å²) in [6.45, 7) is 5.53. The summed E-state index contributed by atoms with van der Waals surface area (Å²) >= 11 is 0. The van der Waals surface area contributed by atoms with Crippen LogP contribution in [0.25, 0.3) is 0 Å². The van der Waals surface area contributed by atoms with Crippen molar-refractivity contribution in [1.82, 2.24) is 21.3 Å². The second kappa shape index (κ2) is 15.0. The van der Waals surface area contributed by atoms with E-state index in [1.165, 1.54) is 0 Å². The van der Waals surface area contributed by atoms with Gasteiger partial charge in [-0.1, -0.05) is 57.0 Å². The van der Waals surface area contributed by atoms with E-state index in [9.17, 15) is 24.0 Å². The zero-order valence-corrected chi connectivity index (χ0v) is 21.9. The van der Waals surface area contributed by atoms with E-state index in [1.54, 1.807) is 6.92 Å². The van der Waals surface area contributed by atoms with Crippen LogP contribution in [0.4, 0.5) is 0 Å². The molecule has 2 rings (SSSR count). The fraction of sp³-hybridized carbons (Fsp3) is 0.593. The van der Waals surface area contributed by atoms with Gasteiger partial charge in [0.25, 0.3) is 0 Å². The molecule has 1 aliphatic rings. The Hall–Kier alpha value is -3.43. The minimum absolute atomic E-state index is 0.0144. The Balaban J connectivity index is 2.28. The maximum Gasteiger partial charge on any atom is 0.303 e. The molecule has 0 radical (unpaired) electrons. The molecule has 0 unspecified atom stereocenters. The van der Waals surface area contributed by atoms with Crippen LogP contribution < -0.4 is 21.3 Å². The third kappa shape index (κ3) is 11.0. The summed E-state index contributed by atoms with van der Waals surface area (Å²) in [4.78, 5) is 63.0. The molecule has 10 nitrogen and oxygen atoms in total. The Morgan fingerprint density at radius 3 is 2.19 bits per heavy atom. The number of benzene rings is 1. The molecule has 1 fully saturated rings. The highest BCUT2D eigenvalue weighted by Gasteiger charge is 2.31. The zero-order valence-electron chi connectivity index (χ0n) is 21.9. The molecule has 1 aliphatic heterocycles. The van der Waals surface area contributed by atoms with E-state index >= 15 is 0 Å². The van der Waals surface area contributed by atoms with Gasteiger partial charge in [-0.15, -0.1) is 0 Å². The number of unbranched alkanes of at least 4 members (excludes halogenated alkanes) is 2.